The molecule has 1 aromatic rings. The molecule has 0 nitrogen and oxygen atoms in total. The Morgan fingerprint density at radius 3 is 2.28 bits per heavy atom. The predicted octanol–water partition coefficient (Wildman–Crippen LogP) is 4.81. The van der Waals surface area contributed by atoms with Gasteiger partial charge in [0.05, 0.1) is 0 Å². The quantitative estimate of drug-likeness (QED) is 0.668. The number of benzene rings is 1. The molecule has 0 fully saturated rings. The third-order valence-electron chi connectivity index (χ3n) is 4.34. The first-order valence-electron chi connectivity index (χ1n) is 7.46. The van der Waals surface area contributed by atoms with Crippen molar-refractivity contribution < 1.29 is 0 Å². The van der Waals surface area contributed by atoms with Crippen molar-refractivity contribution in [3.63, 3.8) is 0 Å². The minimum absolute atomic E-state index is 1.30. The molecule has 0 heterocycles. The smallest absolute Gasteiger partial charge is 0.0888 e. The Bertz CT molecular complexity index is 389. The van der Waals surface area contributed by atoms with E-state index in [1.807, 2.05) is 0 Å². The molecule has 0 radical (unpaired) electrons. The molecular formula is C17H26Si. The summed E-state index contributed by atoms with van der Waals surface area (Å²) in [6, 6.07) is 11.2. The summed E-state index contributed by atoms with van der Waals surface area (Å²) in [6.45, 7) is 5.04. The van der Waals surface area contributed by atoms with Gasteiger partial charge in [-0.2, -0.15) is 0 Å². The summed E-state index contributed by atoms with van der Waals surface area (Å²) in [6.07, 6.45) is 12.3. The lowest BCUT2D eigenvalue weighted by atomic mass is 10.1. The zero-order valence-corrected chi connectivity index (χ0v) is 12.9. The van der Waals surface area contributed by atoms with Crippen LogP contribution in [0.5, 0.6) is 0 Å². The van der Waals surface area contributed by atoms with Gasteiger partial charge in [-0.3, -0.25) is 0 Å². The maximum absolute atomic E-state index is 2.59. The Morgan fingerprint density at radius 1 is 0.833 bits per heavy atom. The van der Waals surface area contributed by atoms with Crippen molar-refractivity contribution in [2.75, 3.05) is 0 Å². The molecule has 0 saturated heterocycles. The average Bonchev–Trinajstić information content (AvgIpc) is 2.53. The Hall–Kier alpha value is -0.823. The standard InChI is InChI=1S/C17H26Si/c1-18(2,17-14-10-7-11-15-17)16-12-8-5-3-4-6-9-13-16/h7,10-12,14-15H,3-6,8-9,13H2,1-2H3/b16-12+. The van der Waals surface area contributed by atoms with E-state index in [1.165, 1.54) is 44.9 Å². The summed E-state index contributed by atoms with van der Waals surface area (Å²) in [7, 11) is -1.39. The van der Waals surface area contributed by atoms with E-state index in [2.05, 4.69) is 49.5 Å². The van der Waals surface area contributed by atoms with E-state index < -0.39 is 8.07 Å². The highest BCUT2D eigenvalue weighted by Gasteiger charge is 2.27. The molecule has 0 aromatic heterocycles. The van der Waals surface area contributed by atoms with Crippen LogP contribution in [0.25, 0.3) is 0 Å². The summed E-state index contributed by atoms with van der Waals surface area (Å²) in [5, 5.41) is 3.38. The molecule has 1 aliphatic carbocycles. The van der Waals surface area contributed by atoms with E-state index in [0.29, 0.717) is 0 Å². The zero-order valence-electron chi connectivity index (χ0n) is 11.9. The van der Waals surface area contributed by atoms with E-state index in [1.54, 1.807) is 10.4 Å². The van der Waals surface area contributed by atoms with E-state index in [9.17, 15) is 0 Å². The number of hydrogen-bond donors (Lipinski definition) is 0. The summed E-state index contributed by atoms with van der Waals surface area (Å²) in [5.74, 6) is 0. The lowest BCUT2D eigenvalue weighted by Gasteiger charge is -2.27. The lowest BCUT2D eigenvalue weighted by Crippen LogP contribution is -2.43. The van der Waals surface area contributed by atoms with Gasteiger partial charge in [0.25, 0.3) is 0 Å². The van der Waals surface area contributed by atoms with Crippen LogP contribution in [0.15, 0.2) is 41.6 Å². The molecule has 0 atom stereocenters. The first-order chi connectivity index (χ1) is 8.71. The topological polar surface area (TPSA) is 0 Å². The zero-order chi connectivity index (χ0) is 12.8. The van der Waals surface area contributed by atoms with E-state index in [-0.39, 0.29) is 0 Å². The van der Waals surface area contributed by atoms with Crippen molar-refractivity contribution in [3.8, 4) is 0 Å². The van der Waals surface area contributed by atoms with Gasteiger partial charge in [0.15, 0.2) is 0 Å². The highest BCUT2D eigenvalue weighted by Crippen LogP contribution is 2.24. The van der Waals surface area contributed by atoms with Crippen LogP contribution in [0, 0.1) is 0 Å². The predicted molar refractivity (Wildman–Crippen MR) is 84.0 cm³/mol. The Labute approximate surface area is 113 Å². The molecule has 1 aliphatic rings. The van der Waals surface area contributed by atoms with Crippen molar-refractivity contribution in [1.29, 1.82) is 0 Å². The molecule has 0 unspecified atom stereocenters. The molecule has 98 valence electrons. The van der Waals surface area contributed by atoms with Crippen LogP contribution in [0.3, 0.4) is 0 Å². The van der Waals surface area contributed by atoms with Gasteiger partial charge in [0.2, 0.25) is 0 Å². The van der Waals surface area contributed by atoms with Gasteiger partial charge in [-0.25, -0.2) is 0 Å². The third kappa shape index (κ3) is 3.35. The minimum Gasteiger partial charge on any atom is -0.0888 e. The van der Waals surface area contributed by atoms with Crippen LogP contribution < -0.4 is 5.19 Å². The summed E-state index contributed by atoms with van der Waals surface area (Å²) < 4.78 is 0. The SMILES string of the molecule is C[Si](C)(/C1=C/CCCCCCC1)c1ccccc1. The normalized spacial score (nSPS) is 21.3. The molecule has 0 N–H and O–H groups in total. The van der Waals surface area contributed by atoms with Gasteiger partial charge < -0.3 is 0 Å². The Balaban J connectivity index is 2.21. The van der Waals surface area contributed by atoms with E-state index >= 15 is 0 Å². The van der Waals surface area contributed by atoms with Gasteiger partial charge >= 0.3 is 0 Å². The summed E-state index contributed by atoms with van der Waals surface area (Å²) >= 11 is 0. The first-order valence-corrected chi connectivity index (χ1v) is 10.5. The van der Waals surface area contributed by atoms with Crippen molar-refractivity contribution in [1.82, 2.24) is 0 Å². The second kappa shape index (κ2) is 6.37. The maximum Gasteiger partial charge on any atom is 0.107 e. The number of hydrogen-bond acceptors (Lipinski definition) is 0. The van der Waals surface area contributed by atoms with Gasteiger partial charge in [-0.15, -0.1) is 0 Å². The van der Waals surface area contributed by atoms with Gasteiger partial charge in [0, 0.05) is 0 Å². The van der Waals surface area contributed by atoms with Crippen LogP contribution in [0.2, 0.25) is 13.1 Å². The van der Waals surface area contributed by atoms with Crippen LogP contribution in [-0.2, 0) is 0 Å². The number of allylic oxidation sites excluding steroid dienone is 2. The third-order valence-corrected chi connectivity index (χ3v) is 8.18. The van der Waals surface area contributed by atoms with Crippen LogP contribution >= 0.6 is 0 Å². The molecule has 1 aromatic carbocycles. The molecule has 0 saturated carbocycles. The van der Waals surface area contributed by atoms with Gasteiger partial charge in [-0.1, -0.05) is 79.1 Å². The molecule has 0 bridgehead atoms. The Kier molecular flexibility index (Phi) is 4.82. The largest absolute Gasteiger partial charge is 0.107 e. The molecule has 0 amide bonds. The number of rotatable bonds is 2. The molecule has 1 heteroatoms. The fourth-order valence-electron chi connectivity index (χ4n) is 2.98. The maximum atomic E-state index is 2.59. The van der Waals surface area contributed by atoms with Gasteiger partial charge in [-0.05, 0) is 25.7 Å². The monoisotopic (exact) mass is 258 g/mol. The van der Waals surface area contributed by atoms with Crippen molar-refractivity contribution in [2.45, 2.75) is 58.0 Å². The fraction of sp³-hybridized carbons (Fsp3) is 0.529. The minimum atomic E-state index is -1.39. The highest BCUT2D eigenvalue weighted by atomic mass is 28.3. The van der Waals surface area contributed by atoms with Crippen LogP contribution in [-0.4, -0.2) is 8.07 Å². The molecule has 0 spiro atoms. The van der Waals surface area contributed by atoms with E-state index in [4.69, 9.17) is 0 Å². The average molecular weight is 258 g/mol. The lowest BCUT2D eigenvalue weighted by molar-refractivity contribution is 0.631. The van der Waals surface area contributed by atoms with Crippen LogP contribution in [0.4, 0.5) is 0 Å². The van der Waals surface area contributed by atoms with Crippen molar-refractivity contribution >= 4 is 13.3 Å². The molecule has 2 rings (SSSR count). The van der Waals surface area contributed by atoms with Crippen molar-refractivity contribution in [2.24, 2.45) is 0 Å². The molecule has 18 heavy (non-hydrogen) atoms. The van der Waals surface area contributed by atoms with E-state index in [0.717, 1.165) is 0 Å². The second-order valence-corrected chi connectivity index (χ2v) is 10.5. The first kappa shape index (κ1) is 13.6. The molecular weight excluding hydrogens is 232 g/mol. The van der Waals surface area contributed by atoms with Gasteiger partial charge in [0.1, 0.15) is 8.07 Å². The second-order valence-electron chi connectivity index (χ2n) is 6.03. The summed E-state index contributed by atoms with van der Waals surface area (Å²) in [4.78, 5) is 0. The Morgan fingerprint density at radius 2 is 1.50 bits per heavy atom. The van der Waals surface area contributed by atoms with Crippen molar-refractivity contribution in [3.05, 3.63) is 41.6 Å². The summed E-state index contributed by atoms with van der Waals surface area (Å²) in [5.41, 5.74) is 0. The molecule has 0 aliphatic heterocycles. The highest BCUT2D eigenvalue weighted by molar-refractivity contribution is 6.95. The van der Waals surface area contributed by atoms with Crippen LogP contribution in [0.1, 0.15) is 44.9 Å². The fourth-order valence-corrected chi connectivity index (χ4v) is 5.83.